The molecule has 0 bridgehead atoms. The zero-order valence-electron chi connectivity index (χ0n) is 8.32. The molecule has 0 aliphatic carbocycles. The zero-order chi connectivity index (χ0) is 10.4. The van der Waals surface area contributed by atoms with Crippen LogP contribution in [0.3, 0.4) is 0 Å². The van der Waals surface area contributed by atoms with Crippen LogP contribution in [0.2, 0.25) is 0 Å². The normalized spacial score (nSPS) is 10.6. The Bertz CT molecular complexity index is 319. The summed E-state index contributed by atoms with van der Waals surface area (Å²) >= 11 is 4.98. The van der Waals surface area contributed by atoms with Gasteiger partial charge in [-0.3, -0.25) is 4.57 Å². The molecule has 0 aromatic carbocycles. The molecule has 80 valence electrons. The fraction of sp³-hybridized carbons (Fsp3) is 0.750. The number of unbranched alkanes of at least 4 members (excludes halogenated alkanes) is 1. The number of nitrogens with zero attached hydrogens (tertiary/aromatic N) is 2. The molecule has 0 unspecified atom stereocenters. The minimum Gasteiger partial charge on any atom is -0.380 e. The molecule has 0 saturated carbocycles. The van der Waals surface area contributed by atoms with Gasteiger partial charge in [0.1, 0.15) is 0 Å². The highest BCUT2D eigenvalue weighted by atomic mass is 32.1. The van der Waals surface area contributed by atoms with Crippen molar-refractivity contribution in [1.29, 1.82) is 0 Å². The van der Waals surface area contributed by atoms with Crippen molar-refractivity contribution >= 4 is 18.2 Å². The van der Waals surface area contributed by atoms with E-state index < -0.39 is 0 Å². The van der Waals surface area contributed by atoms with E-state index in [4.69, 9.17) is 22.7 Å². The smallest absolute Gasteiger partial charge is 0.220 e. The molecule has 0 atom stereocenters. The van der Waals surface area contributed by atoms with Gasteiger partial charge in [-0.15, -0.1) is 5.10 Å². The second kappa shape index (κ2) is 5.77. The van der Waals surface area contributed by atoms with Crippen molar-refractivity contribution in [3.05, 3.63) is 4.77 Å². The van der Waals surface area contributed by atoms with E-state index in [0.717, 1.165) is 19.4 Å². The van der Waals surface area contributed by atoms with Gasteiger partial charge in [0.25, 0.3) is 0 Å². The van der Waals surface area contributed by atoms with Crippen molar-refractivity contribution in [1.82, 2.24) is 14.8 Å². The summed E-state index contributed by atoms with van der Waals surface area (Å²) in [4.78, 5) is 0. The van der Waals surface area contributed by atoms with Crippen molar-refractivity contribution in [2.24, 2.45) is 0 Å². The Morgan fingerprint density at radius 2 is 2.36 bits per heavy atom. The van der Waals surface area contributed by atoms with Crippen molar-refractivity contribution in [2.45, 2.75) is 26.3 Å². The van der Waals surface area contributed by atoms with Crippen molar-refractivity contribution in [2.75, 3.05) is 18.9 Å². The summed E-state index contributed by atoms with van der Waals surface area (Å²) in [6.45, 7) is 4.21. The van der Waals surface area contributed by atoms with Crippen LogP contribution in [0.25, 0.3) is 0 Å². The van der Waals surface area contributed by atoms with Crippen molar-refractivity contribution in [3.8, 4) is 0 Å². The van der Waals surface area contributed by atoms with E-state index >= 15 is 0 Å². The maximum atomic E-state index is 5.58. The van der Waals surface area contributed by atoms with E-state index in [0.29, 0.717) is 23.9 Å². The number of rotatable bonds is 6. The molecule has 14 heavy (non-hydrogen) atoms. The lowest BCUT2D eigenvalue weighted by Crippen LogP contribution is -2.09. The molecular weight excluding hydrogens is 200 g/mol. The largest absolute Gasteiger partial charge is 0.380 e. The molecule has 0 aliphatic heterocycles. The van der Waals surface area contributed by atoms with E-state index in [1.165, 1.54) is 0 Å². The number of aromatic amines is 1. The Morgan fingerprint density at radius 1 is 1.57 bits per heavy atom. The fourth-order valence-electron chi connectivity index (χ4n) is 1.05. The van der Waals surface area contributed by atoms with Crippen LogP contribution in [0.15, 0.2) is 0 Å². The summed E-state index contributed by atoms with van der Waals surface area (Å²) < 4.78 is 7.66. The molecule has 0 amide bonds. The summed E-state index contributed by atoms with van der Waals surface area (Å²) in [5.74, 6) is 0.411. The first-order valence-corrected chi connectivity index (χ1v) is 5.15. The van der Waals surface area contributed by atoms with Crippen molar-refractivity contribution < 1.29 is 4.74 Å². The van der Waals surface area contributed by atoms with Gasteiger partial charge >= 0.3 is 0 Å². The number of hydrogen-bond donors (Lipinski definition) is 2. The van der Waals surface area contributed by atoms with Gasteiger partial charge in [0.05, 0.1) is 13.2 Å². The van der Waals surface area contributed by atoms with Crippen LogP contribution >= 0.6 is 12.2 Å². The Hall–Kier alpha value is -0.880. The molecule has 0 spiro atoms. The summed E-state index contributed by atoms with van der Waals surface area (Å²) in [5, 5.41) is 6.42. The Kier molecular flexibility index (Phi) is 4.61. The third kappa shape index (κ3) is 3.12. The van der Waals surface area contributed by atoms with Crippen molar-refractivity contribution in [3.63, 3.8) is 0 Å². The number of hydrogen-bond acceptors (Lipinski definition) is 4. The van der Waals surface area contributed by atoms with E-state index in [-0.39, 0.29) is 0 Å². The number of ether oxygens (including phenoxy) is 1. The van der Waals surface area contributed by atoms with E-state index in [9.17, 15) is 0 Å². The van der Waals surface area contributed by atoms with Crippen LogP contribution in [0.4, 0.5) is 5.95 Å². The quantitative estimate of drug-likeness (QED) is 0.556. The minimum absolute atomic E-state index is 0.411. The van der Waals surface area contributed by atoms with Crippen LogP contribution in [-0.2, 0) is 11.3 Å². The molecule has 0 fully saturated rings. The van der Waals surface area contributed by atoms with E-state index in [1.54, 1.807) is 4.57 Å². The van der Waals surface area contributed by atoms with Gasteiger partial charge in [-0.2, -0.15) is 0 Å². The summed E-state index contributed by atoms with van der Waals surface area (Å²) in [6, 6.07) is 0. The number of anilines is 1. The van der Waals surface area contributed by atoms with Crippen LogP contribution in [-0.4, -0.2) is 28.0 Å². The standard InChI is InChI=1S/C8H16N4OS/c1-2-3-5-13-6-4-12-7(9)10-11-8(12)14/h2-6H2,1H3,(H2,9,10)(H,11,14). The lowest BCUT2D eigenvalue weighted by atomic mass is 10.4. The first-order chi connectivity index (χ1) is 6.75. The highest BCUT2D eigenvalue weighted by Gasteiger charge is 2.00. The summed E-state index contributed by atoms with van der Waals surface area (Å²) in [7, 11) is 0. The Morgan fingerprint density at radius 3 is 2.93 bits per heavy atom. The van der Waals surface area contributed by atoms with Crippen LogP contribution in [0.5, 0.6) is 0 Å². The molecule has 5 nitrogen and oxygen atoms in total. The molecule has 0 aliphatic rings. The number of H-pyrrole nitrogens is 1. The maximum absolute atomic E-state index is 5.58. The molecule has 1 heterocycles. The van der Waals surface area contributed by atoms with E-state index in [2.05, 4.69) is 17.1 Å². The minimum atomic E-state index is 0.411. The molecule has 0 radical (unpaired) electrons. The Balaban J connectivity index is 2.28. The monoisotopic (exact) mass is 216 g/mol. The van der Waals surface area contributed by atoms with Gasteiger partial charge in [-0.05, 0) is 18.6 Å². The van der Waals surface area contributed by atoms with Gasteiger partial charge in [0.2, 0.25) is 5.95 Å². The molecule has 0 saturated heterocycles. The molecule has 1 aromatic rings. The number of nitrogens with one attached hydrogen (secondary N) is 1. The second-order valence-corrected chi connectivity index (χ2v) is 3.39. The van der Waals surface area contributed by atoms with Crippen LogP contribution in [0.1, 0.15) is 19.8 Å². The highest BCUT2D eigenvalue weighted by Crippen LogP contribution is 1.98. The first-order valence-electron chi connectivity index (χ1n) is 4.74. The summed E-state index contributed by atoms with van der Waals surface area (Å²) in [6.07, 6.45) is 2.24. The van der Waals surface area contributed by atoms with E-state index in [1.807, 2.05) is 0 Å². The van der Waals surface area contributed by atoms with Gasteiger partial charge in [0, 0.05) is 6.61 Å². The number of nitrogen functional groups attached to an aromatic ring is 1. The molecule has 1 aromatic heterocycles. The molecular formula is C8H16N4OS. The SMILES string of the molecule is CCCCOCCn1c(N)n[nH]c1=S. The average Bonchev–Trinajstić information content (AvgIpc) is 2.48. The summed E-state index contributed by atoms with van der Waals surface area (Å²) in [5.41, 5.74) is 5.58. The maximum Gasteiger partial charge on any atom is 0.220 e. The third-order valence-corrected chi connectivity index (χ3v) is 2.20. The van der Waals surface area contributed by atoms with Crippen LogP contribution < -0.4 is 5.73 Å². The fourth-order valence-corrected chi connectivity index (χ4v) is 1.28. The lowest BCUT2D eigenvalue weighted by Gasteiger charge is -2.04. The molecule has 1 rings (SSSR count). The van der Waals surface area contributed by atoms with Gasteiger partial charge in [-0.1, -0.05) is 13.3 Å². The number of aromatic nitrogens is 3. The lowest BCUT2D eigenvalue weighted by molar-refractivity contribution is 0.123. The van der Waals surface area contributed by atoms with Gasteiger partial charge < -0.3 is 10.5 Å². The average molecular weight is 216 g/mol. The van der Waals surface area contributed by atoms with Crippen LogP contribution in [0, 0.1) is 4.77 Å². The zero-order valence-corrected chi connectivity index (χ0v) is 9.14. The predicted molar refractivity (Wildman–Crippen MR) is 57.6 cm³/mol. The Labute approximate surface area is 88.3 Å². The number of nitrogens with two attached hydrogens (primary N) is 1. The molecule has 3 N–H and O–H groups in total. The first kappa shape index (κ1) is 11.2. The second-order valence-electron chi connectivity index (χ2n) is 3.00. The predicted octanol–water partition coefficient (Wildman–Crippen LogP) is 1.34. The van der Waals surface area contributed by atoms with Gasteiger partial charge in [0.15, 0.2) is 4.77 Å². The highest BCUT2D eigenvalue weighted by molar-refractivity contribution is 7.71. The van der Waals surface area contributed by atoms with Gasteiger partial charge in [-0.25, -0.2) is 5.10 Å². The molecule has 6 heteroatoms. The third-order valence-electron chi connectivity index (χ3n) is 1.89. The topological polar surface area (TPSA) is 68.9 Å².